The molecule has 0 nitrogen and oxygen atoms in total. The van der Waals surface area contributed by atoms with E-state index in [1.165, 1.54) is 15.6 Å². The number of halogens is 1. The number of hydrogen-bond acceptors (Lipinski definition) is 1. The van der Waals surface area contributed by atoms with Gasteiger partial charge in [-0.2, -0.15) is 0 Å². The molecular weight excluding hydrogens is 188 g/mol. The normalized spacial score (nSPS) is 10.8. The van der Waals surface area contributed by atoms with Crippen molar-refractivity contribution in [3.63, 3.8) is 0 Å². The van der Waals surface area contributed by atoms with Crippen LogP contribution in [0.5, 0.6) is 0 Å². The minimum absolute atomic E-state index is 0.888. The van der Waals surface area contributed by atoms with E-state index >= 15 is 0 Å². The van der Waals surface area contributed by atoms with E-state index in [1.54, 1.807) is 11.3 Å². The SMILES string of the molecule is CCc1cc(Cl)c2sccc2c1. The quantitative estimate of drug-likeness (QED) is 0.644. The molecule has 2 aromatic rings. The lowest BCUT2D eigenvalue weighted by atomic mass is 10.1. The summed E-state index contributed by atoms with van der Waals surface area (Å²) in [5.41, 5.74) is 1.31. The van der Waals surface area contributed by atoms with E-state index in [-0.39, 0.29) is 0 Å². The highest BCUT2D eigenvalue weighted by atomic mass is 35.5. The lowest BCUT2D eigenvalue weighted by Crippen LogP contribution is -1.78. The second-order valence-electron chi connectivity index (χ2n) is 2.77. The maximum Gasteiger partial charge on any atom is 0.0586 e. The summed E-state index contributed by atoms with van der Waals surface area (Å²) in [6.07, 6.45) is 1.05. The van der Waals surface area contributed by atoms with Crippen molar-refractivity contribution in [1.82, 2.24) is 0 Å². The lowest BCUT2D eigenvalue weighted by molar-refractivity contribution is 1.15. The molecular formula is C10H9ClS. The topological polar surface area (TPSA) is 0 Å². The van der Waals surface area contributed by atoms with Crippen molar-refractivity contribution in [2.75, 3.05) is 0 Å². The number of thiophene rings is 1. The van der Waals surface area contributed by atoms with E-state index in [2.05, 4.69) is 30.5 Å². The van der Waals surface area contributed by atoms with Gasteiger partial charge in [0.25, 0.3) is 0 Å². The van der Waals surface area contributed by atoms with Crippen LogP contribution in [0.25, 0.3) is 10.1 Å². The van der Waals surface area contributed by atoms with Gasteiger partial charge < -0.3 is 0 Å². The fourth-order valence-electron chi connectivity index (χ4n) is 1.30. The Morgan fingerprint density at radius 3 is 3.00 bits per heavy atom. The highest BCUT2D eigenvalue weighted by molar-refractivity contribution is 7.17. The van der Waals surface area contributed by atoms with Gasteiger partial charge >= 0.3 is 0 Å². The van der Waals surface area contributed by atoms with E-state index in [0.29, 0.717) is 0 Å². The highest BCUT2D eigenvalue weighted by Gasteiger charge is 2.01. The number of rotatable bonds is 1. The number of aryl methyl sites for hydroxylation is 1. The molecule has 0 saturated heterocycles. The van der Waals surface area contributed by atoms with Gasteiger partial charge in [0.15, 0.2) is 0 Å². The van der Waals surface area contributed by atoms with Gasteiger partial charge in [-0.1, -0.05) is 24.6 Å². The molecule has 1 heterocycles. The van der Waals surface area contributed by atoms with Gasteiger partial charge in [0.1, 0.15) is 0 Å². The van der Waals surface area contributed by atoms with Gasteiger partial charge in [0.2, 0.25) is 0 Å². The molecule has 1 aromatic carbocycles. The Kier molecular flexibility index (Phi) is 2.07. The van der Waals surface area contributed by atoms with E-state index in [4.69, 9.17) is 11.6 Å². The zero-order chi connectivity index (χ0) is 8.55. The second-order valence-corrected chi connectivity index (χ2v) is 4.09. The summed E-state index contributed by atoms with van der Waals surface area (Å²) in [5.74, 6) is 0. The van der Waals surface area contributed by atoms with E-state index < -0.39 is 0 Å². The summed E-state index contributed by atoms with van der Waals surface area (Å²) in [6, 6.07) is 6.38. The van der Waals surface area contributed by atoms with Crippen LogP contribution in [0.1, 0.15) is 12.5 Å². The third-order valence-electron chi connectivity index (χ3n) is 1.97. The van der Waals surface area contributed by atoms with Gasteiger partial charge in [0, 0.05) is 0 Å². The van der Waals surface area contributed by atoms with Gasteiger partial charge in [-0.25, -0.2) is 0 Å². The fraction of sp³-hybridized carbons (Fsp3) is 0.200. The molecule has 0 bridgehead atoms. The lowest BCUT2D eigenvalue weighted by Gasteiger charge is -1.98. The van der Waals surface area contributed by atoms with Crippen molar-refractivity contribution >= 4 is 33.0 Å². The second kappa shape index (κ2) is 3.08. The summed E-state index contributed by atoms with van der Waals surface area (Å²) in [5, 5.41) is 4.24. The van der Waals surface area contributed by atoms with Crippen molar-refractivity contribution in [2.45, 2.75) is 13.3 Å². The predicted molar refractivity (Wildman–Crippen MR) is 56.2 cm³/mol. The third-order valence-corrected chi connectivity index (χ3v) is 3.35. The molecule has 0 spiro atoms. The fourth-order valence-corrected chi connectivity index (χ4v) is 2.47. The first-order valence-corrected chi connectivity index (χ1v) is 5.22. The first-order valence-electron chi connectivity index (χ1n) is 3.97. The molecule has 0 radical (unpaired) electrons. The summed E-state index contributed by atoms with van der Waals surface area (Å²) in [6.45, 7) is 2.14. The van der Waals surface area contributed by atoms with Crippen LogP contribution in [0.15, 0.2) is 23.6 Å². The van der Waals surface area contributed by atoms with Crippen LogP contribution >= 0.6 is 22.9 Å². The Morgan fingerprint density at radius 2 is 2.25 bits per heavy atom. The van der Waals surface area contributed by atoms with Gasteiger partial charge in [-0.05, 0) is 34.9 Å². The van der Waals surface area contributed by atoms with Crippen LogP contribution in [0.2, 0.25) is 5.02 Å². The Balaban J connectivity index is 2.75. The first-order chi connectivity index (χ1) is 5.81. The standard InChI is InChI=1S/C10H9ClS/c1-2-7-5-8-3-4-12-10(8)9(11)6-7/h3-6H,2H2,1H3. The Labute approximate surface area is 80.8 Å². The van der Waals surface area contributed by atoms with Crippen molar-refractivity contribution in [1.29, 1.82) is 0 Å². The van der Waals surface area contributed by atoms with E-state index in [1.807, 2.05) is 0 Å². The van der Waals surface area contributed by atoms with E-state index in [9.17, 15) is 0 Å². The largest absolute Gasteiger partial charge is 0.142 e. The van der Waals surface area contributed by atoms with Gasteiger partial charge in [0.05, 0.1) is 9.72 Å². The summed E-state index contributed by atoms with van der Waals surface area (Å²) >= 11 is 7.79. The average Bonchev–Trinajstić information content (AvgIpc) is 2.52. The molecule has 2 rings (SSSR count). The minimum Gasteiger partial charge on any atom is -0.142 e. The molecule has 2 heteroatoms. The summed E-state index contributed by atoms with van der Waals surface area (Å²) < 4.78 is 1.20. The maximum absolute atomic E-state index is 6.09. The predicted octanol–water partition coefficient (Wildman–Crippen LogP) is 4.12. The van der Waals surface area contributed by atoms with Gasteiger partial charge in [-0.15, -0.1) is 11.3 Å². The van der Waals surface area contributed by atoms with Crippen LogP contribution in [0, 0.1) is 0 Å². The first kappa shape index (κ1) is 8.09. The average molecular weight is 197 g/mol. The minimum atomic E-state index is 0.888. The van der Waals surface area contributed by atoms with Crippen LogP contribution in [0.4, 0.5) is 0 Å². The third kappa shape index (κ3) is 1.23. The Hall–Kier alpha value is -0.530. The smallest absolute Gasteiger partial charge is 0.0586 e. The monoisotopic (exact) mass is 196 g/mol. The van der Waals surface area contributed by atoms with Crippen molar-refractivity contribution in [2.24, 2.45) is 0 Å². The molecule has 0 N–H and O–H groups in total. The number of benzene rings is 1. The zero-order valence-corrected chi connectivity index (χ0v) is 8.38. The molecule has 62 valence electrons. The zero-order valence-electron chi connectivity index (χ0n) is 6.80. The highest BCUT2D eigenvalue weighted by Crippen LogP contribution is 2.30. The molecule has 1 aromatic heterocycles. The van der Waals surface area contributed by atoms with Crippen molar-refractivity contribution in [3.05, 3.63) is 34.2 Å². The van der Waals surface area contributed by atoms with Crippen LogP contribution in [-0.4, -0.2) is 0 Å². The molecule has 0 aliphatic rings. The molecule has 0 aliphatic carbocycles. The Morgan fingerprint density at radius 1 is 1.42 bits per heavy atom. The summed E-state index contributed by atoms with van der Waals surface area (Å²) in [7, 11) is 0. The van der Waals surface area contributed by atoms with Crippen LogP contribution in [0.3, 0.4) is 0 Å². The maximum atomic E-state index is 6.09. The molecule has 0 fully saturated rings. The molecule has 0 atom stereocenters. The molecule has 0 saturated carbocycles. The molecule has 12 heavy (non-hydrogen) atoms. The van der Waals surface area contributed by atoms with Crippen LogP contribution in [-0.2, 0) is 6.42 Å². The van der Waals surface area contributed by atoms with Gasteiger partial charge in [-0.3, -0.25) is 0 Å². The van der Waals surface area contributed by atoms with Crippen LogP contribution < -0.4 is 0 Å². The number of fused-ring (bicyclic) bond motifs is 1. The Bertz CT molecular complexity index is 403. The number of hydrogen-bond donors (Lipinski definition) is 0. The molecule has 0 aliphatic heterocycles. The molecule has 0 amide bonds. The summed E-state index contributed by atoms with van der Waals surface area (Å²) in [4.78, 5) is 0. The van der Waals surface area contributed by atoms with E-state index in [0.717, 1.165) is 11.4 Å². The molecule has 0 unspecified atom stereocenters. The van der Waals surface area contributed by atoms with Crippen molar-refractivity contribution in [3.8, 4) is 0 Å². The van der Waals surface area contributed by atoms with Crippen molar-refractivity contribution < 1.29 is 0 Å².